The molecular weight excluding hydrogens is 358 g/mol. The van der Waals surface area contributed by atoms with E-state index >= 15 is 0 Å². The third-order valence-electron chi connectivity index (χ3n) is 4.09. The van der Waals surface area contributed by atoms with Crippen LogP contribution in [-0.2, 0) is 17.8 Å². The third-order valence-corrected chi connectivity index (χ3v) is 5.03. The molecule has 5 nitrogen and oxygen atoms in total. The minimum Gasteiger partial charge on any atom is -0.355 e. The van der Waals surface area contributed by atoms with E-state index in [1.54, 1.807) is 30.5 Å². The van der Waals surface area contributed by atoms with Crippen molar-refractivity contribution in [1.29, 1.82) is 0 Å². The third kappa shape index (κ3) is 5.01. The van der Waals surface area contributed by atoms with Crippen molar-refractivity contribution in [2.24, 2.45) is 0 Å². The maximum Gasteiger partial charge on any atom is 0.251 e. The number of carbonyl (C=O) groups is 2. The van der Waals surface area contributed by atoms with Gasteiger partial charge in [-0.15, -0.1) is 11.3 Å². The molecule has 2 aromatic carbocycles. The average molecular weight is 379 g/mol. The molecule has 3 rings (SSSR count). The summed E-state index contributed by atoms with van der Waals surface area (Å²) in [6, 6.07) is 15.3. The highest BCUT2D eigenvalue weighted by Gasteiger charge is 2.09. The van der Waals surface area contributed by atoms with Crippen LogP contribution in [0.3, 0.4) is 0 Å². The summed E-state index contributed by atoms with van der Waals surface area (Å²) < 4.78 is 0. The topological polar surface area (TPSA) is 71.1 Å². The molecule has 1 heterocycles. The number of hydrogen-bond acceptors (Lipinski definition) is 4. The molecule has 27 heavy (non-hydrogen) atoms. The number of rotatable bonds is 6. The fourth-order valence-electron chi connectivity index (χ4n) is 2.64. The maximum atomic E-state index is 12.2. The molecule has 2 N–H and O–H groups in total. The van der Waals surface area contributed by atoms with Gasteiger partial charge in [0.2, 0.25) is 5.91 Å². The summed E-state index contributed by atoms with van der Waals surface area (Å²) in [6.45, 7) is 2.47. The van der Waals surface area contributed by atoms with Crippen molar-refractivity contribution in [1.82, 2.24) is 15.6 Å². The molecule has 0 spiro atoms. The fraction of sp³-hybridized carbons (Fsp3) is 0.190. The van der Waals surface area contributed by atoms with Gasteiger partial charge in [-0.1, -0.05) is 35.9 Å². The van der Waals surface area contributed by atoms with Crippen LogP contribution >= 0.6 is 11.3 Å². The predicted octanol–water partition coefficient (Wildman–Crippen LogP) is 3.34. The molecule has 0 atom stereocenters. The van der Waals surface area contributed by atoms with Gasteiger partial charge < -0.3 is 10.6 Å². The molecule has 1 aromatic heterocycles. The van der Waals surface area contributed by atoms with Gasteiger partial charge in [0.25, 0.3) is 5.91 Å². The van der Waals surface area contributed by atoms with E-state index in [1.165, 1.54) is 5.56 Å². The summed E-state index contributed by atoms with van der Waals surface area (Å²) in [4.78, 5) is 28.3. The Kier molecular flexibility index (Phi) is 5.98. The number of thiazole rings is 1. The Morgan fingerprint density at radius 2 is 1.89 bits per heavy atom. The zero-order chi connectivity index (χ0) is 19.2. The van der Waals surface area contributed by atoms with Crippen molar-refractivity contribution in [3.05, 3.63) is 76.3 Å². The monoisotopic (exact) mass is 379 g/mol. The van der Waals surface area contributed by atoms with E-state index in [1.807, 2.05) is 42.6 Å². The van der Waals surface area contributed by atoms with Gasteiger partial charge in [0.15, 0.2) is 0 Å². The van der Waals surface area contributed by atoms with Crippen molar-refractivity contribution in [2.75, 3.05) is 7.05 Å². The van der Waals surface area contributed by atoms with E-state index in [4.69, 9.17) is 0 Å². The highest BCUT2D eigenvalue weighted by atomic mass is 32.1. The van der Waals surface area contributed by atoms with Crippen LogP contribution in [0.25, 0.3) is 10.6 Å². The Morgan fingerprint density at radius 1 is 1.11 bits per heavy atom. The van der Waals surface area contributed by atoms with Crippen LogP contribution < -0.4 is 10.6 Å². The second-order valence-corrected chi connectivity index (χ2v) is 7.10. The van der Waals surface area contributed by atoms with Gasteiger partial charge in [0, 0.05) is 30.1 Å². The molecule has 0 saturated heterocycles. The molecule has 0 saturated carbocycles. The lowest BCUT2D eigenvalue weighted by molar-refractivity contribution is -0.120. The molecule has 6 heteroatoms. The minimum absolute atomic E-state index is 0.0773. The number of nitrogens with one attached hydrogen (secondary N) is 2. The number of aryl methyl sites for hydroxylation is 1. The summed E-state index contributed by atoms with van der Waals surface area (Å²) >= 11 is 1.55. The lowest BCUT2D eigenvalue weighted by Crippen LogP contribution is -2.24. The Labute approximate surface area is 162 Å². The fourth-order valence-corrected chi connectivity index (χ4v) is 3.46. The molecule has 0 aliphatic carbocycles. The normalized spacial score (nSPS) is 10.4. The Balaban J connectivity index is 1.55. The number of carbonyl (C=O) groups excluding carboxylic acids is 2. The molecule has 0 bridgehead atoms. The van der Waals surface area contributed by atoms with Crippen LogP contribution in [0.2, 0.25) is 0 Å². The first-order chi connectivity index (χ1) is 13.0. The van der Waals surface area contributed by atoms with E-state index in [2.05, 4.69) is 21.7 Å². The van der Waals surface area contributed by atoms with Crippen LogP contribution in [0.4, 0.5) is 0 Å². The van der Waals surface area contributed by atoms with Gasteiger partial charge in [-0.3, -0.25) is 9.59 Å². The summed E-state index contributed by atoms with van der Waals surface area (Å²) in [7, 11) is 1.60. The standard InChI is InChI=1S/C21H21N3O2S/c1-14-4-3-5-17(10-14)21-24-18(13-27-21)11-19(25)23-12-15-6-8-16(9-7-15)20(26)22-2/h3-10,13H,11-12H2,1-2H3,(H,22,26)(H,23,25). The summed E-state index contributed by atoms with van der Waals surface area (Å²) in [5, 5.41) is 8.32. The van der Waals surface area contributed by atoms with Crippen LogP contribution in [0.5, 0.6) is 0 Å². The smallest absolute Gasteiger partial charge is 0.251 e. The second-order valence-electron chi connectivity index (χ2n) is 6.24. The van der Waals surface area contributed by atoms with E-state index in [0.717, 1.165) is 21.8 Å². The summed E-state index contributed by atoms with van der Waals surface area (Å²) in [6.07, 6.45) is 0.249. The van der Waals surface area contributed by atoms with Gasteiger partial charge in [0.1, 0.15) is 5.01 Å². The highest BCUT2D eigenvalue weighted by Crippen LogP contribution is 2.24. The number of hydrogen-bond donors (Lipinski definition) is 2. The quantitative estimate of drug-likeness (QED) is 0.690. The van der Waals surface area contributed by atoms with Gasteiger partial charge in [-0.05, 0) is 30.7 Å². The lowest BCUT2D eigenvalue weighted by Gasteiger charge is -2.05. The first kappa shape index (κ1) is 18.8. The molecule has 2 amide bonds. The number of benzene rings is 2. The van der Waals surface area contributed by atoms with Gasteiger partial charge in [-0.2, -0.15) is 0 Å². The predicted molar refractivity (Wildman–Crippen MR) is 108 cm³/mol. The maximum absolute atomic E-state index is 12.2. The van der Waals surface area contributed by atoms with Gasteiger partial charge in [-0.25, -0.2) is 4.98 Å². The van der Waals surface area contributed by atoms with Crippen LogP contribution in [0.15, 0.2) is 53.9 Å². The molecule has 3 aromatic rings. The van der Waals surface area contributed by atoms with Crippen molar-refractivity contribution < 1.29 is 9.59 Å². The van der Waals surface area contributed by atoms with Crippen molar-refractivity contribution in [3.63, 3.8) is 0 Å². The molecule has 0 aliphatic rings. The zero-order valence-electron chi connectivity index (χ0n) is 15.3. The molecule has 0 radical (unpaired) electrons. The minimum atomic E-state index is -0.126. The van der Waals surface area contributed by atoms with Gasteiger partial charge in [0.05, 0.1) is 12.1 Å². The van der Waals surface area contributed by atoms with Crippen molar-refractivity contribution in [2.45, 2.75) is 19.9 Å². The average Bonchev–Trinajstić information content (AvgIpc) is 3.14. The van der Waals surface area contributed by atoms with E-state index in [-0.39, 0.29) is 18.2 Å². The van der Waals surface area contributed by atoms with E-state index < -0.39 is 0 Å². The summed E-state index contributed by atoms with van der Waals surface area (Å²) in [5.74, 6) is -0.204. The van der Waals surface area contributed by atoms with E-state index in [0.29, 0.717) is 12.1 Å². The van der Waals surface area contributed by atoms with Crippen LogP contribution in [-0.4, -0.2) is 23.8 Å². The van der Waals surface area contributed by atoms with Gasteiger partial charge >= 0.3 is 0 Å². The number of amides is 2. The Bertz CT molecular complexity index is 948. The van der Waals surface area contributed by atoms with Crippen molar-refractivity contribution in [3.8, 4) is 10.6 Å². The molecule has 0 aliphatic heterocycles. The number of aromatic nitrogens is 1. The number of nitrogens with zero attached hydrogens (tertiary/aromatic N) is 1. The Hall–Kier alpha value is -2.99. The molecule has 0 unspecified atom stereocenters. The SMILES string of the molecule is CNC(=O)c1ccc(CNC(=O)Cc2csc(-c3cccc(C)c3)n2)cc1. The largest absolute Gasteiger partial charge is 0.355 e. The lowest BCUT2D eigenvalue weighted by atomic mass is 10.1. The summed E-state index contributed by atoms with van der Waals surface area (Å²) in [5.41, 5.74) is 4.56. The molecular formula is C21H21N3O2S. The zero-order valence-corrected chi connectivity index (χ0v) is 16.1. The first-order valence-electron chi connectivity index (χ1n) is 8.64. The van der Waals surface area contributed by atoms with Crippen LogP contribution in [0.1, 0.15) is 27.2 Å². The Morgan fingerprint density at radius 3 is 2.59 bits per heavy atom. The molecule has 138 valence electrons. The van der Waals surface area contributed by atoms with Crippen LogP contribution in [0, 0.1) is 6.92 Å². The van der Waals surface area contributed by atoms with Crippen molar-refractivity contribution >= 4 is 23.2 Å². The van der Waals surface area contributed by atoms with E-state index in [9.17, 15) is 9.59 Å². The second kappa shape index (κ2) is 8.60. The molecule has 0 fully saturated rings. The highest BCUT2D eigenvalue weighted by molar-refractivity contribution is 7.13. The first-order valence-corrected chi connectivity index (χ1v) is 9.52.